The molecule has 4 fully saturated rings. The summed E-state index contributed by atoms with van der Waals surface area (Å²) in [6.07, 6.45) is 3.53. The average Bonchev–Trinajstić information content (AvgIpc) is 3.81. The number of aromatic nitrogens is 2. The highest BCUT2D eigenvalue weighted by molar-refractivity contribution is 8.00. The van der Waals surface area contributed by atoms with Crippen LogP contribution >= 0.6 is 23.3 Å². The first-order chi connectivity index (χ1) is 20.7. The van der Waals surface area contributed by atoms with Crippen LogP contribution in [-0.2, 0) is 19.2 Å². The van der Waals surface area contributed by atoms with Gasteiger partial charge in [0.15, 0.2) is 5.13 Å². The van der Waals surface area contributed by atoms with Crippen LogP contribution in [0, 0.1) is 0 Å². The van der Waals surface area contributed by atoms with Crippen molar-refractivity contribution in [3.05, 3.63) is 28.7 Å². The van der Waals surface area contributed by atoms with Crippen LogP contribution in [-0.4, -0.2) is 125 Å². The molecular weight excluding hydrogens is 602 g/mol. The summed E-state index contributed by atoms with van der Waals surface area (Å²) in [5.74, 6) is -3.23. The van der Waals surface area contributed by atoms with Gasteiger partial charge in [0.25, 0.3) is 17.7 Å². The largest absolute Gasteiger partial charge is 0.477 e. The number of anilines is 1. The fourth-order valence-corrected chi connectivity index (χ4v) is 8.16. The van der Waals surface area contributed by atoms with Crippen molar-refractivity contribution < 1.29 is 34.6 Å². The predicted molar refractivity (Wildman–Crippen MR) is 154 cm³/mol. The van der Waals surface area contributed by atoms with Crippen LogP contribution in [0.5, 0.6) is 0 Å². The van der Waals surface area contributed by atoms with Gasteiger partial charge in [-0.15, -0.1) is 11.8 Å². The van der Waals surface area contributed by atoms with E-state index in [0.29, 0.717) is 17.7 Å². The van der Waals surface area contributed by atoms with Crippen LogP contribution in [0.25, 0.3) is 0 Å². The molecule has 4 unspecified atom stereocenters. The molecule has 4 saturated heterocycles. The van der Waals surface area contributed by atoms with E-state index in [0.717, 1.165) is 48.8 Å². The van der Waals surface area contributed by atoms with E-state index in [-0.39, 0.29) is 46.8 Å². The summed E-state index contributed by atoms with van der Waals surface area (Å²) in [5.41, 5.74) is 5.43. The summed E-state index contributed by atoms with van der Waals surface area (Å²) < 4.78 is 3.84. The van der Waals surface area contributed by atoms with Gasteiger partial charge in [0, 0.05) is 47.9 Å². The van der Waals surface area contributed by atoms with Crippen molar-refractivity contribution in [2.75, 3.05) is 31.1 Å². The van der Waals surface area contributed by atoms with Gasteiger partial charge in [-0.3, -0.25) is 19.3 Å². The van der Waals surface area contributed by atoms with E-state index in [1.807, 2.05) is 0 Å². The van der Waals surface area contributed by atoms with Crippen molar-refractivity contribution >= 4 is 57.8 Å². The molecule has 3 amide bonds. The quantitative estimate of drug-likeness (QED) is 0.0542. The summed E-state index contributed by atoms with van der Waals surface area (Å²) in [5, 5.41) is 42.1. The van der Waals surface area contributed by atoms with Crippen molar-refractivity contribution in [3.8, 4) is 0 Å². The Hall–Kier alpha value is -3.58. The molecule has 5 aliphatic rings. The normalized spacial score (nSPS) is 31.0. The van der Waals surface area contributed by atoms with Crippen molar-refractivity contribution in [2.45, 2.75) is 61.3 Å². The summed E-state index contributed by atoms with van der Waals surface area (Å²) in [6, 6.07) is -1.75. The molecule has 43 heavy (non-hydrogen) atoms. The molecule has 5 aliphatic heterocycles. The predicted octanol–water partition coefficient (Wildman–Crippen LogP) is -1.96. The van der Waals surface area contributed by atoms with Crippen molar-refractivity contribution in [1.29, 1.82) is 0 Å². The number of nitrogen functional groups attached to an aromatic ring is 1. The lowest BCUT2D eigenvalue weighted by Crippen LogP contribution is -2.71. The van der Waals surface area contributed by atoms with E-state index in [1.54, 1.807) is 11.0 Å². The third-order valence-corrected chi connectivity index (χ3v) is 10.3. The number of carboxylic acid groups (broad SMARTS) is 1. The second-order valence-corrected chi connectivity index (χ2v) is 12.8. The molecule has 230 valence electrons. The lowest BCUT2D eigenvalue weighted by molar-refractivity contribution is -0.150. The number of hydrogen-bond donors (Lipinski definition) is 7. The van der Waals surface area contributed by atoms with Gasteiger partial charge in [0.1, 0.15) is 17.1 Å². The Morgan fingerprint density at radius 2 is 2.07 bits per heavy atom. The van der Waals surface area contributed by atoms with Crippen LogP contribution in [0.1, 0.15) is 31.5 Å². The van der Waals surface area contributed by atoms with Crippen LogP contribution < -0.4 is 21.7 Å². The highest BCUT2D eigenvalue weighted by Crippen LogP contribution is 2.42. The van der Waals surface area contributed by atoms with Gasteiger partial charge in [-0.2, -0.15) is 9.36 Å². The first-order valence-corrected chi connectivity index (χ1v) is 15.7. The minimum atomic E-state index is -1.34. The number of aliphatic carboxylic acids is 1. The van der Waals surface area contributed by atoms with Gasteiger partial charge in [-0.05, 0) is 44.0 Å². The zero-order chi connectivity index (χ0) is 30.4. The smallest absolute Gasteiger partial charge is 0.352 e. The second-order valence-electron chi connectivity index (χ2n) is 10.9. The topological polar surface area (TPSA) is 236 Å². The van der Waals surface area contributed by atoms with Gasteiger partial charge < -0.3 is 42.0 Å². The Labute approximate surface area is 253 Å². The van der Waals surface area contributed by atoms with Gasteiger partial charge in [0.05, 0.1) is 12.1 Å². The summed E-state index contributed by atoms with van der Waals surface area (Å²) in [7, 11) is 0. The third kappa shape index (κ3) is 5.26. The van der Waals surface area contributed by atoms with Crippen molar-refractivity contribution in [1.82, 2.24) is 35.1 Å². The van der Waals surface area contributed by atoms with Gasteiger partial charge >= 0.3 is 5.97 Å². The lowest BCUT2D eigenvalue weighted by Gasteiger charge is -2.49. The molecule has 0 saturated carbocycles. The van der Waals surface area contributed by atoms with E-state index in [1.165, 1.54) is 11.8 Å². The maximum atomic E-state index is 13.7. The minimum Gasteiger partial charge on any atom is -0.477 e. The first-order valence-electron chi connectivity index (χ1n) is 13.9. The number of rotatable bonds is 8. The summed E-state index contributed by atoms with van der Waals surface area (Å²) >= 11 is 2.03. The number of amides is 3. The molecule has 6 rings (SSSR count). The number of likely N-dealkylation sites (tertiary alicyclic amines) is 1. The van der Waals surface area contributed by atoms with Gasteiger partial charge in [-0.1, -0.05) is 5.16 Å². The molecule has 6 heterocycles. The number of thioether (sulfide) groups is 1. The molecule has 8 N–H and O–H groups in total. The van der Waals surface area contributed by atoms with Crippen LogP contribution in [0.3, 0.4) is 0 Å². The highest BCUT2D eigenvalue weighted by Gasteiger charge is 2.55. The lowest BCUT2D eigenvalue weighted by atomic mass is 9.96. The Balaban J connectivity index is 1.23. The standard InChI is InChI=1S/C25H31N9O7S2/c26-25-30-19(32-43-25)15(31-41)20(36)29-16-22(38)34-17(24(39)40)11(9-42-23(16)34)6-10-7-14(18(35)13-2-1-4-28-13)33(21(10)37)12-3-5-27-8-12/h6,12-14,16,18,23,27-28,35,41H,1-5,7-9H2,(H,29,36)(H,39,40)(H2,26,30,32)/t12?,13?,14?,16-,18?,23-/m1/s1. The van der Waals surface area contributed by atoms with Crippen LogP contribution in [0.15, 0.2) is 28.1 Å². The maximum Gasteiger partial charge on any atom is 0.352 e. The number of fused-ring (bicyclic) bond motifs is 1. The number of nitrogens with two attached hydrogens (primary N) is 1. The molecule has 6 atom stereocenters. The average molecular weight is 634 g/mol. The Bertz CT molecular complexity index is 1430. The zero-order valence-corrected chi connectivity index (χ0v) is 24.4. The molecule has 16 nitrogen and oxygen atoms in total. The second kappa shape index (κ2) is 11.8. The van der Waals surface area contributed by atoms with E-state index < -0.39 is 47.1 Å². The van der Waals surface area contributed by atoms with E-state index in [4.69, 9.17) is 5.73 Å². The number of aliphatic hydroxyl groups is 1. The van der Waals surface area contributed by atoms with E-state index >= 15 is 0 Å². The minimum absolute atomic E-state index is 0.0513. The SMILES string of the molecule is Nc1nc(C(=NO)C(=O)N[C@@H]2C(=O)N3C(C(=O)O)=C(C=C4CC(C(O)C5CCCN5)N(C5CCNC5)C4=O)CS[C@H]23)ns1. The van der Waals surface area contributed by atoms with E-state index in [9.17, 15) is 34.6 Å². The number of hydrogen-bond acceptors (Lipinski definition) is 14. The first kappa shape index (κ1) is 29.5. The van der Waals surface area contributed by atoms with Gasteiger partial charge in [-0.25, -0.2) is 4.79 Å². The number of carboxylic acids is 1. The number of β-lactam (4-membered cyclic amide) rings is 1. The number of carbonyl (C=O) groups is 4. The van der Waals surface area contributed by atoms with E-state index in [2.05, 4.69) is 30.5 Å². The fraction of sp³-hybridized carbons (Fsp3) is 0.560. The molecule has 1 aromatic rings. The summed E-state index contributed by atoms with van der Waals surface area (Å²) in [4.78, 5) is 58.8. The number of nitrogens with zero attached hydrogens (tertiary/aromatic N) is 5. The van der Waals surface area contributed by atoms with Crippen LogP contribution in [0.2, 0.25) is 0 Å². The fourth-order valence-electron chi connectivity index (χ4n) is 6.41. The number of oxime groups is 1. The molecular formula is C25H31N9O7S2. The number of carbonyl (C=O) groups excluding carboxylic acids is 3. The highest BCUT2D eigenvalue weighted by atomic mass is 32.2. The monoisotopic (exact) mass is 633 g/mol. The number of aliphatic hydroxyl groups excluding tert-OH is 1. The maximum absolute atomic E-state index is 13.7. The summed E-state index contributed by atoms with van der Waals surface area (Å²) in [6.45, 7) is 2.18. The van der Waals surface area contributed by atoms with Crippen LogP contribution in [0.4, 0.5) is 5.13 Å². The molecule has 18 heteroatoms. The molecule has 0 aliphatic carbocycles. The van der Waals surface area contributed by atoms with Crippen molar-refractivity contribution in [3.63, 3.8) is 0 Å². The number of allylic oxidation sites excluding steroid dienone is 1. The van der Waals surface area contributed by atoms with Crippen molar-refractivity contribution in [2.24, 2.45) is 5.16 Å². The third-order valence-electron chi connectivity index (χ3n) is 8.43. The zero-order valence-electron chi connectivity index (χ0n) is 22.8. The molecule has 0 radical (unpaired) electrons. The molecule has 0 aromatic carbocycles. The Kier molecular flexibility index (Phi) is 8.12. The Morgan fingerprint density at radius 1 is 1.26 bits per heavy atom. The number of nitrogens with one attached hydrogen (secondary N) is 3. The Morgan fingerprint density at radius 3 is 2.70 bits per heavy atom. The molecule has 0 spiro atoms. The molecule has 1 aromatic heterocycles. The van der Waals surface area contributed by atoms with Gasteiger partial charge in [0.2, 0.25) is 11.5 Å². The molecule has 0 bridgehead atoms.